The van der Waals surface area contributed by atoms with Crippen molar-refractivity contribution in [1.82, 2.24) is 10.3 Å². The van der Waals surface area contributed by atoms with Crippen LogP contribution in [0.4, 0.5) is 0 Å². The number of carbonyl (C=O) groups excluding carboxylic acids is 2. The maximum absolute atomic E-state index is 11.5. The second-order valence-electron chi connectivity index (χ2n) is 3.02. The molecule has 0 atom stereocenters. The highest BCUT2D eigenvalue weighted by Gasteiger charge is 2.06. The van der Waals surface area contributed by atoms with E-state index in [4.69, 9.17) is 0 Å². The van der Waals surface area contributed by atoms with Gasteiger partial charge in [-0.1, -0.05) is 0 Å². The third-order valence-corrected chi connectivity index (χ3v) is 1.88. The van der Waals surface area contributed by atoms with Gasteiger partial charge < -0.3 is 15.0 Å². The summed E-state index contributed by atoms with van der Waals surface area (Å²) in [5.74, 6) is -0.791. The fourth-order valence-electron chi connectivity index (χ4n) is 1.07. The molecule has 1 aromatic rings. The summed E-state index contributed by atoms with van der Waals surface area (Å²) in [5.41, 5.74) is -0.0887. The topological polar surface area (TPSA) is 88.3 Å². The standard InChI is InChI=1S/C10H12N2O4/c1-16-9(14)3-5-12-10(15)7-2-4-11-8(13)6-7/h2,4,6H,3,5H2,1H3,(H,11,13)(H,12,15). The Morgan fingerprint density at radius 1 is 1.50 bits per heavy atom. The van der Waals surface area contributed by atoms with Gasteiger partial charge in [0.1, 0.15) is 0 Å². The number of esters is 1. The second kappa shape index (κ2) is 5.69. The number of amides is 1. The number of pyridine rings is 1. The van der Waals surface area contributed by atoms with Gasteiger partial charge >= 0.3 is 5.97 Å². The van der Waals surface area contributed by atoms with E-state index in [-0.39, 0.29) is 24.1 Å². The number of carbonyl (C=O) groups is 2. The predicted molar refractivity (Wildman–Crippen MR) is 56.0 cm³/mol. The van der Waals surface area contributed by atoms with Crippen LogP contribution in [0.3, 0.4) is 0 Å². The van der Waals surface area contributed by atoms with Crippen LogP contribution in [0.5, 0.6) is 0 Å². The SMILES string of the molecule is COC(=O)CCNC(=O)c1cc[nH]c(=O)c1. The lowest BCUT2D eigenvalue weighted by molar-refractivity contribution is -0.140. The molecule has 1 aromatic heterocycles. The van der Waals surface area contributed by atoms with Crippen LogP contribution in [0.25, 0.3) is 0 Å². The van der Waals surface area contributed by atoms with Crippen LogP contribution < -0.4 is 10.9 Å². The molecule has 16 heavy (non-hydrogen) atoms. The van der Waals surface area contributed by atoms with Gasteiger partial charge in [0.25, 0.3) is 5.91 Å². The summed E-state index contributed by atoms with van der Waals surface area (Å²) in [4.78, 5) is 35.5. The van der Waals surface area contributed by atoms with Crippen molar-refractivity contribution in [2.45, 2.75) is 6.42 Å². The molecule has 0 aliphatic heterocycles. The molecule has 0 bridgehead atoms. The van der Waals surface area contributed by atoms with Gasteiger partial charge in [-0.25, -0.2) is 0 Å². The Kier molecular flexibility index (Phi) is 4.26. The second-order valence-corrected chi connectivity index (χ2v) is 3.02. The van der Waals surface area contributed by atoms with Crippen LogP contribution in [0.1, 0.15) is 16.8 Å². The number of H-pyrrole nitrogens is 1. The van der Waals surface area contributed by atoms with E-state index in [0.717, 1.165) is 0 Å². The lowest BCUT2D eigenvalue weighted by atomic mass is 10.2. The van der Waals surface area contributed by atoms with Gasteiger partial charge in [0, 0.05) is 24.4 Å². The lowest BCUT2D eigenvalue weighted by Crippen LogP contribution is -2.27. The van der Waals surface area contributed by atoms with E-state index in [1.54, 1.807) is 0 Å². The summed E-state index contributed by atoms with van der Waals surface area (Å²) < 4.78 is 4.41. The summed E-state index contributed by atoms with van der Waals surface area (Å²) in [6.07, 6.45) is 1.49. The van der Waals surface area contributed by atoms with Gasteiger partial charge in [-0.2, -0.15) is 0 Å². The molecule has 0 spiro atoms. The van der Waals surface area contributed by atoms with Crippen LogP contribution >= 0.6 is 0 Å². The number of nitrogens with one attached hydrogen (secondary N) is 2. The molecule has 0 saturated carbocycles. The van der Waals surface area contributed by atoms with Crippen molar-refractivity contribution >= 4 is 11.9 Å². The van der Waals surface area contributed by atoms with Gasteiger partial charge in [-0.05, 0) is 6.07 Å². The summed E-state index contributed by atoms with van der Waals surface area (Å²) >= 11 is 0. The Labute approximate surface area is 91.6 Å². The van der Waals surface area contributed by atoms with Gasteiger partial charge in [-0.15, -0.1) is 0 Å². The quantitative estimate of drug-likeness (QED) is 0.685. The molecule has 1 heterocycles. The highest BCUT2D eigenvalue weighted by atomic mass is 16.5. The highest BCUT2D eigenvalue weighted by Crippen LogP contribution is 1.92. The zero-order valence-corrected chi connectivity index (χ0v) is 8.78. The number of aromatic amines is 1. The monoisotopic (exact) mass is 224 g/mol. The first kappa shape index (κ1) is 12.0. The van der Waals surface area contributed by atoms with Gasteiger partial charge in [0.15, 0.2) is 0 Å². The Hall–Kier alpha value is -2.11. The number of hydrogen-bond acceptors (Lipinski definition) is 4. The van der Waals surface area contributed by atoms with Gasteiger partial charge in [-0.3, -0.25) is 14.4 Å². The zero-order chi connectivity index (χ0) is 12.0. The number of rotatable bonds is 4. The molecule has 86 valence electrons. The first-order valence-corrected chi connectivity index (χ1v) is 4.67. The maximum atomic E-state index is 11.5. The van der Waals surface area contributed by atoms with E-state index in [1.165, 1.54) is 25.4 Å². The molecule has 1 rings (SSSR count). The smallest absolute Gasteiger partial charge is 0.307 e. The van der Waals surface area contributed by atoms with Crippen LogP contribution in [-0.2, 0) is 9.53 Å². The molecule has 0 saturated heterocycles. The minimum absolute atomic E-state index is 0.103. The molecular formula is C10H12N2O4. The van der Waals surface area contributed by atoms with Crippen LogP contribution in [0, 0.1) is 0 Å². The average molecular weight is 224 g/mol. The summed E-state index contributed by atoms with van der Waals surface area (Å²) in [6.45, 7) is 0.179. The van der Waals surface area contributed by atoms with Crippen molar-refractivity contribution in [1.29, 1.82) is 0 Å². The molecule has 0 radical (unpaired) electrons. The fourth-order valence-corrected chi connectivity index (χ4v) is 1.07. The average Bonchev–Trinajstić information content (AvgIpc) is 2.28. The Bertz CT molecular complexity index is 438. The van der Waals surface area contributed by atoms with E-state index in [1.807, 2.05) is 0 Å². The molecule has 1 amide bonds. The predicted octanol–water partition coefficient (Wildman–Crippen LogP) is -0.332. The third kappa shape index (κ3) is 3.56. The van der Waals surface area contributed by atoms with Gasteiger partial charge in [0.05, 0.1) is 13.5 Å². The van der Waals surface area contributed by atoms with E-state index >= 15 is 0 Å². The highest BCUT2D eigenvalue weighted by molar-refractivity contribution is 5.94. The Morgan fingerprint density at radius 2 is 2.25 bits per heavy atom. The minimum Gasteiger partial charge on any atom is -0.469 e. The third-order valence-electron chi connectivity index (χ3n) is 1.88. The molecule has 0 aliphatic rings. The summed E-state index contributed by atoms with van der Waals surface area (Å²) in [5, 5.41) is 2.50. The minimum atomic E-state index is -0.397. The molecule has 6 nitrogen and oxygen atoms in total. The van der Waals surface area contributed by atoms with Crippen molar-refractivity contribution in [2.75, 3.05) is 13.7 Å². The fraction of sp³-hybridized carbons (Fsp3) is 0.300. The van der Waals surface area contributed by atoms with E-state index in [9.17, 15) is 14.4 Å². The number of ether oxygens (including phenoxy) is 1. The van der Waals surface area contributed by atoms with E-state index < -0.39 is 11.9 Å². The first-order chi connectivity index (χ1) is 7.63. The van der Waals surface area contributed by atoms with Crippen molar-refractivity contribution in [3.05, 3.63) is 34.2 Å². The Balaban J connectivity index is 2.47. The van der Waals surface area contributed by atoms with Crippen molar-refractivity contribution in [3.8, 4) is 0 Å². The van der Waals surface area contributed by atoms with Crippen LogP contribution in [0.15, 0.2) is 23.1 Å². The number of hydrogen-bond donors (Lipinski definition) is 2. The zero-order valence-electron chi connectivity index (χ0n) is 8.78. The van der Waals surface area contributed by atoms with Crippen molar-refractivity contribution < 1.29 is 14.3 Å². The molecule has 0 aromatic carbocycles. The van der Waals surface area contributed by atoms with Crippen LogP contribution in [0.2, 0.25) is 0 Å². The molecule has 0 fully saturated rings. The molecule has 2 N–H and O–H groups in total. The number of methoxy groups -OCH3 is 1. The maximum Gasteiger partial charge on any atom is 0.307 e. The van der Waals surface area contributed by atoms with E-state index in [0.29, 0.717) is 0 Å². The molecule has 6 heteroatoms. The normalized spacial score (nSPS) is 9.56. The van der Waals surface area contributed by atoms with Crippen molar-refractivity contribution in [2.24, 2.45) is 0 Å². The lowest BCUT2D eigenvalue weighted by Gasteiger charge is -2.03. The largest absolute Gasteiger partial charge is 0.469 e. The van der Waals surface area contributed by atoms with Crippen molar-refractivity contribution in [3.63, 3.8) is 0 Å². The molecule has 0 aliphatic carbocycles. The molecular weight excluding hydrogens is 212 g/mol. The molecule has 0 unspecified atom stereocenters. The summed E-state index contributed by atoms with van der Waals surface area (Å²) in [7, 11) is 1.28. The first-order valence-electron chi connectivity index (χ1n) is 4.67. The Morgan fingerprint density at radius 3 is 2.88 bits per heavy atom. The summed E-state index contributed by atoms with van der Waals surface area (Å²) in [6, 6.07) is 2.67. The van der Waals surface area contributed by atoms with Gasteiger partial charge in [0.2, 0.25) is 5.56 Å². The number of aromatic nitrogens is 1. The van der Waals surface area contributed by atoms with E-state index in [2.05, 4.69) is 15.0 Å². The van der Waals surface area contributed by atoms with Crippen LogP contribution in [-0.4, -0.2) is 30.5 Å².